The molecule has 0 saturated carbocycles. The predicted molar refractivity (Wildman–Crippen MR) is 70.9 cm³/mol. The van der Waals surface area contributed by atoms with E-state index in [1.807, 2.05) is 0 Å². The number of aliphatic carboxylic acids is 2. The fraction of sp³-hybridized carbons (Fsp3) is 0.429. The average Bonchev–Trinajstić information content (AvgIpc) is 2.36. The van der Waals surface area contributed by atoms with Gasteiger partial charge in [0.25, 0.3) is 0 Å². The van der Waals surface area contributed by atoms with Crippen LogP contribution in [0, 0.1) is 0 Å². The zero-order chi connectivity index (χ0) is 15.3. The van der Waals surface area contributed by atoms with Crippen LogP contribution < -0.4 is 4.74 Å². The molecule has 0 unspecified atom stereocenters. The number of hydrogen-bond donors (Lipinski definition) is 2. The van der Waals surface area contributed by atoms with E-state index >= 15 is 0 Å². The molecule has 1 aromatic rings. The molecule has 6 nitrogen and oxygen atoms in total. The summed E-state index contributed by atoms with van der Waals surface area (Å²) in [5, 5.41) is 17.9. The van der Waals surface area contributed by atoms with Crippen LogP contribution in [0.3, 0.4) is 0 Å². The molecule has 0 saturated heterocycles. The summed E-state index contributed by atoms with van der Waals surface area (Å²) in [6.07, 6.45) is -0.675. The molecule has 1 atom stereocenters. The highest BCUT2D eigenvalue weighted by atomic mass is 16.5. The molecule has 6 heteroatoms. The van der Waals surface area contributed by atoms with Gasteiger partial charge in [0, 0.05) is 13.5 Å². The van der Waals surface area contributed by atoms with Crippen LogP contribution in [-0.4, -0.2) is 41.0 Å². The lowest BCUT2D eigenvalue weighted by molar-refractivity contribution is -0.152. The lowest BCUT2D eigenvalue weighted by Crippen LogP contribution is -2.37. The second-order valence-electron chi connectivity index (χ2n) is 4.83. The summed E-state index contributed by atoms with van der Waals surface area (Å²) in [7, 11) is 1.34. The standard InChI is InChI=1S/C14H18O6/c1-14(2,13(17)18)20-10-6-4-9(5-7-10)8-11(19-3)12(15)16/h4-7,11H,8H2,1-3H3,(H,15,16)(H,17,18)/t11-/m0/s1. The van der Waals surface area contributed by atoms with Gasteiger partial charge < -0.3 is 19.7 Å². The minimum Gasteiger partial charge on any atom is -0.479 e. The number of benzene rings is 1. The summed E-state index contributed by atoms with van der Waals surface area (Å²) in [5.74, 6) is -1.68. The molecular weight excluding hydrogens is 264 g/mol. The monoisotopic (exact) mass is 282 g/mol. The number of hydrogen-bond acceptors (Lipinski definition) is 4. The van der Waals surface area contributed by atoms with Gasteiger partial charge in [0.1, 0.15) is 5.75 Å². The maximum absolute atomic E-state index is 10.9. The van der Waals surface area contributed by atoms with E-state index in [-0.39, 0.29) is 6.42 Å². The summed E-state index contributed by atoms with van der Waals surface area (Å²) in [5.41, 5.74) is -0.558. The van der Waals surface area contributed by atoms with Gasteiger partial charge in [-0.25, -0.2) is 9.59 Å². The second kappa shape index (κ2) is 6.38. The van der Waals surface area contributed by atoms with Crippen molar-refractivity contribution in [2.24, 2.45) is 0 Å². The molecule has 0 aliphatic heterocycles. The van der Waals surface area contributed by atoms with Crippen molar-refractivity contribution in [1.29, 1.82) is 0 Å². The molecule has 0 aliphatic carbocycles. The Hall–Kier alpha value is -2.08. The van der Waals surface area contributed by atoms with E-state index < -0.39 is 23.6 Å². The van der Waals surface area contributed by atoms with E-state index in [0.717, 1.165) is 5.56 Å². The zero-order valence-electron chi connectivity index (χ0n) is 11.6. The van der Waals surface area contributed by atoms with Crippen LogP contribution in [0.2, 0.25) is 0 Å². The molecule has 0 bridgehead atoms. The SMILES string of the molecule is CO[C@@H](Cc1ccc(OC(C)(C)C(=O)O)cc1)C(=O)O. The van der Waals surface area contributed by atoms with E-state index in [2.05, 4.69) is 0 Å². The molecule has 2 N–H and O–H groups in total. The highest BCUT2D eigenvalue weighted by molar-refractivity contribution is 5.76. The van der Waals surface area contributed by atoms with E-state index in [1.54, 1.807) is 24.3 Å². The highest BCUT2D eigenvalue weighted by Gasteiger charge is 2.29. The molecule has 110 valence electrons. The lowest BCUT2D eigenvalue weighted by Gasteiger charge is -2.21. The second-order valence-corrected chi connectivity index (χ2v) is 4.83. The third-order valence-corrected chi connectivity index (χ3v) is 2.79. The Balaban J connectivity index is 2.74. The van der Waals surface area contributed by atoms with E-state index in [0.29, 0.717) is 5.75 Å². The Labute approximate surface area is 116 Å². The smallest absolute Gasteiger partial charge is 0.347 e. The largest absolute Gasteiger partial charge is 0.479 e. The fourth-order valence-electron chi connectivity index (χ4n) is 1.52. The number of carboxylic acids is 2. The first-order valence-corrected chi connectivity index (χ1v) is 6.03. The summed E-state index contributed by atoms with van der Waals surface area (Å²) in [6.45, 7) is 2.91. The fourth-order valence-corrected chi connectivity index (χ4v) is 1.52. The molecular formula is C14H18O6. The number of rotatable bonds is 7. The van der Waals surface area contributed by atoms with Crippen molar-refractivity contribution in [2.45, 2.75) is 32.0 Å². The number of carbonyl (C=O) groups is 2. The first-order chi connectivity index (χ1) is 9.26. The van der Waals surface area contributed by atoms with Crippen LogP contribution in [-0.2, 0) is 20.7 Å². The van der Waals surface area contributed by atoms with Gasteiger partial charge in [-0.05, 0) is 31.5 Å². The lowest BCUT2D eigenvalue weighted by atomic mass is 10.1. The molecule has 0 fully saturated rings. The van der Waals surface area contributed by atoms with Crippen molar-refractivity contribution >= 4 is 11.9 Å². The normalized spacial score (nSPS) is 12.8. The summed E-state index contributed by atoms with van der Waals surface area (Å²) >= 11 is 0. The van der Waals surface area contributed by atoms with Crippen molar-refractivity contribution < 1.29 is 29.3 Å². The van der Waals surface area contributed by atoms with Crippen LogP contribution in [0.4, 0.5) is 0 Å². The van der Waals surface area contributed by atoms with Crippen molar-refractivity contribution in [3.05, 3.63) is 29.8 Å². The van der Waals surface area contributed by atoms with Gasteiger partial charge >= 0.3 is 11.9 Å². The van der Waals surface area contributed by atoms with Crippen molar-refractivity contribution in [2.75, 3.05) is 7.11 Å². The molecule has 0 spiro atoms. The molecule has 0 aliphatic rings. The van der Waals surface area contributed by atoms with Gasteiger partial charge in [-0.3, -0.25) is 0 Å². The molecule has 20 heavy (non-hydrogen) atoms. The minimum atomic E-state index is -1.32. The van der Waals surface area contributed by atoms with E-state index in [9.17, 15) is 9.59 Å². The summed E-state index contributed by atoms with van der Waals surface area (Å²) < 4.78 is 10.2. The van der Waals surface area contributed by atoms with Crippen LogP contribution in [0.1, 0.15) is 19.4 Å². The molecule has 1 aromatic carbocycles. The van der Waals surface area contributed by atoms with Crippen LogP contribution >= 0.6 is 0 Å². The van der Waals surface area contributed by atoms with Crippen molar-refractivity contribution in [1.82, 2.24) is 0 Å². The topological polar surface area (TPSA) is 93.1 Å². The summed E-state index contributed by atoms with van der Waals surface area (Å²) in [4.78, 5) is 21.8. The van der Waals surface area contributed by atoms with Gasteiger partial charge in [0.15, 0.2) is 11.7 Å². The summed E-state index contributed by atoms with van der Waals surface area (Å²) in [6, 6.07) is 6.58. The Morgan fingerprint density at radius 1 is 1.20 bits per heavy atom. The van der Waals surface area contributed by atoms with Gasteiger partial charge in [0.2, 0.25) is 0 Å². The maximum atomic E-state index is 10.9. The van der Waals surface area contributed by atoms with E-state index in [1.165, 1.54) is 21.0 Å². The number of carboxylic acid groups (broad SMARTS) is 2. The predicted octanol–water partition coefficient (Wildman–Crippen LogP) is 1.57. The third kappa shape index (κ3) is 4.24. The average molecular weight is 282 g/mol. The molecule has 1 rings (SSSR count). The highest BCUT2D eigenvalue weighted by Crippen LogP contribution is 2.20. The number of methoxy groups -OCH3 is 1. The number of ether oxygens (including phenoxy) is 2. The first kappa shape index (κ1) is 16.0. The molecule has 0 heterocycles. The maximum Gasteiger partial charge on any atom is 0.347 e. The van der Waals surface area contributed by atoms with Crippen LogP contribution in [0.25, 0.3) is 0 Å². The Morgan fingerprint density at radius 3 is 2.15 bits per heavy atom. The molecule has 0 aromatic heterocycles. The Morgan fingerprint density at radius 2 is 1.75 bits per heavy atom. The van der Waals surface area contributed by atoms with Gasteiger partial charge in [0.05, 0.1) is 0 Å². The quantitative estimate of drug-likeness (QED) is 0.788. The van der Waals surface area contributed by atoms with Crippen LogP contribution in [0.15, 0.2) is 24.3 Å². The zero-order valence-corrected chi connectivity index (χ0v) is 11.6. The van der Waals surface area contributed by atoms with Gasteiger partial charge in [-0.1, -0.05) is 12.1 Å². The Bertz CT molecular complexity index is 477. The van der Waals surface area contributed by atoms with E-state index in [4.69, 9.17) is 19.7 Å². The third-order valence-electron chi connectivity index (χ3n) is 2.79. The minimum absolute atomic E-state index is 0.231. The van der Waals surface area contributed by atoms with Gasteiger partial charge in [-0.2, -0.15) is 0 Å². The van der Waals surface area contributed by atoms with Crippen LogP contribution in [0.5, 0.6) is 5.75 Å². The van der Waals surface area contributed by atoms with Crippen molar-refractivity contribution in [3.63, 3.8) is 0 Å². The molecule has 0 radical (unpaired) electrons. The van der Waals surface area contributed by atoms with Gasteiger partial charge in [-0.15, -0.1) is 0 Å². The Kier molecular flexibility index (Phi) is 5.10. The van der Waals surface area contributed by atoms with Crippen molar-refractivity contribution in [3.8, 4) is 5.75 Å². The first-order valence-electron chi connectivity index (χ1n) is 6.03. The molecule has 0 amide bonds.